The molecule has 1 atom stereocenters. The van der Waals surface area contributed by atoms with Crippen LogP contribution in [0, 0.1) is 0 Å². The third-order valence-corrected chi connectivity index (χ3v) is 7.33. The molecule has 0 aromatic heterocycles. The van der Waals surface area contributed by atoms with Crippen molar-refractivity contribution in [2.45, 2.75) is 62.7 Å². The molecule has 1 aliphatic rings. The normalized spacial score (nSPS) is 19.2. The number of nitrogens with zero attached hydrogens (tertiary/aromatic N) is 1. The maximum absolute atomic E-state index is 11.5. The summed E-state index contributed by atoms with van der Waals surface area (Å²) >= 11 is 0. The summed E-state index contributed by atoms with van der Waals surface area (Å²) in [5, 5.41) is 8.77. The Kier molecular flexibility index (Phi) is 7.44. The van der Waals surface area contributed by atoms with Gasteiger partial charge in [-0.3, -0.25) is 9.35 Å². The van der Waals surface area contributed by atoms with Gasteiger partial charge in [-0.25, -0.2) is 8.42 Å². The molecule has 0 spiro atoms. The highest BCUT2D eigenvalue weighted by molar-refractivity contribution is 7.86. The van der Waals surface area contributed by atoms with E-state index >= 15 is 0 Å². The predicted octanol–water partition coefficient (Wildman–Crippen LogP) is 2.28. The molecule has 11 heteroatoms. The van der Waals surface area contributed by atoms with Gasteiger partial charge < -0.3 is 9.66 Å². The average Bonchev–Trinajstić information content (AvgIpc) is 2.81. The van der Waals surface area contributed by atoms with Gasteiger partial charge in [0.15, 0.2) is 5.71 Å². The third kappa shape index (κ3) is 5.87. The summed E-state index contributed by atoms with van der Waals surface area (Å²) in [7, 11) is -8.74. The van der Waals surface area contributed by atoms with Gasteiger partial charge >= 0.3 is 5.97 Å². The van der Waals surface area contributed by atoms with Crippen LogP contribution in [0.15, 0.2) is 23.1 Å². The number of carboxylic acids is 1. The maximum atomic E-state index is 11.5. The van der Waals surface area contributed by atoms with Crippen molar-refractivity contribution in [3.8, 4) is 0 Å². The second kappa shape index (κ2) is 9.13. The largest absolute Gasteiger partial charge is 0.744 e. The molecular formula is C19H27NO8S2. The lowest BCUT2D eigenvalue weighted by Gasteiger charge is -2.23. The first-order chi connectivity index (χ1) is 13.8. The van der Waals surface area contributed by atoms with E-state index < -0.39 is 37.4 Å². The molecule has 0 aliphatic carbocycles. The van der Waals surface area contributed by atoms with Gasteiger partial charge in [0.25, 0.3) is 10.1 Å². The lowest BCUT2D eigenvalue weighted by atomic mass is 9.76. The first-order valence-electron chi connectivity index (χ1n) is 9.65. The summed E-state index contributed by atoms with van der Waals surface area (Å²) < 4.78 is 67.6. The van der Waals surface area contributed by atoms with Crippen LogP contribution in [-0.2, 0) is 30.4 Å². The second-order valence-electron chi connectivity index (χ2n) is 7.80. The van der Waals surface area contributed by atoms with Crippen molar-refractivity contribution in [2.75, 3.05) is 12.3 Å². The summed E-state index contributed by atoms with van der Waals surface area (Å²) in [5.41, 5.74) is 1.66. The van der Waals surface area contributed by atoms with Gasteiger partial charge in [-0.05, 0) is 31.9 Å². The van der Waals surface area contributed by atoms with Gasteiger partial charge in [0.05, 0.1) is 16.1 Å². The van der Waals surface area contributed by atoms with Gasteiger partial charge in [-0.1, -0.05) is 12.8 Å². The third-order valence-electron chi connectivity index (χ3n) is 5.70. The Hall–Kier alpha value is -1.82. The first-order valence-corrected chi connectivity index (χ1v) is 12.7. The molecule has 1 heterocycles. The average molecular weight is 462 g/mol. The zero-order chi connectivity index (χ0) is 22.7. The minimum atomic E-state index is -4.64. The van der Waals surface area contributed by atoms with Crippen molar-refractivity contribution >= 4 is 37.6 Å². The van der Waals surface area contributed by atoms with Crippen LogP contribution in [0.4, 0.5) is 5.69 Å². The number of rotatable bonds is 11. The number of hydrogen-bond donors (Lipinski definition) is 2. The SMILES string of the molecule is CC1=[N+](CCCS(=O)(=O)O)c2ccc(S(=O)(=O)[O-])cc2C1(C)CCCCCC(=O)O. The van der Waals surface area contributed by atoms with Crippen molar-refractivity contribution in [1.82, 2.24) is 0 Å². The van der Waals surface area contributed by atoms with Crippen LogP contribution in [0.3, 0.4) is 0 Å². The molecule has 1 aromatic rings. The number of benzene rings is 1. The molecule has 0 saturated carbocycles. The number of carbonyl (C=O) groups is 1. The molecule has 0 fully saturated rings. The predicted molar refractivity (Wildman–Crippen MR) is 109 cm³/mol. The highest BCUT2D eigenvalue weighted by atomic mass is 32.2. The molecule has 0 bridgehead atoms. The maximum Gasteiger partial charge on any atom is 0.303 e. The van der Waals surface area contributed by atoms with E-state index in [1.165, 1.54) is 12.1 Å². The molecule has 2 N–H and O–H groups in total. The topological polar surface area (TPSA) is 152 Å². The molecular weight excluding hydrogens is 434 g/mol. The summed E-state index contributed by atoms with van der Waals surface area (Å²) in [4.78, 5) is 10.4. The van der Waals surface area contributed by atoms with Gasteiger partial charge in [-0.2, -0.15) is 13.0 Å². The fourth-order valence-corrected chi connectivity index (χ4v) is 4.95. The van der Waals surface area contributed by atoms with E-state index in [4.69, 9.17) is 9.66 Å². The Balaban J connectivity index is 2.35. The number of unbranched alkanes of at least 4 members (excludes halogenated alkanes) is 2. The summed E-state index contributed by atoms with van der Waals surface area (Å²) in [6.45, 7) is 4.11. The lowest BCUT2D eigenvalue weighted by Crippen LogP contribution is -2.30. The molecule has 1 aliphatic heterocycles. The molecule has 1 unspecified atom stereocenters. The fourth-order valence-electron chi connectivity index (χ4n) is 3.96. The highest BCUT2D eigenvalue weighted by Gasteiger charge is 2.46. The number of carboxylic acid groups (broad SMARTS) is 1. The quantitative estimate of drug-likeness (QED) is 0.289. The Bertz CT molecular complexity index is 1060. The van der Waals surface area contributed by atoms with Crippen molar-refractivity contribution < 1.29 is 40.4 Å². The summed E-state index contributed by atoms with van der Waals surface area (Å²) in [5.74, 6) is -1.25. The van der Waals surface area contributed by atoms with E-state index in [-0.39, 0.29) is 17.7 Å². The van der Waals surface area contributed by atoms with Crippen LogP contribution in [0.5, 0.6) is 0 Å². The van der Waals surface area contributed by atoms with Crippen LogP contribution in [0.1, 0.15) is 57.9 Å². The van der Waals surface area contributed by atoms with E-state index in [2.05, 4.69) is 0 Å². The molecule has 0 radical (unpaired) electrons. The van der Waals surface area contributed by atoms with Crippen LogP contribution >= 0.6 is 0 Å². The smallest absolute Gasteiger partial charge is 0.303 e. The molecule has 30 heavy (non-hydrogen) atoms. The molecule has 9 nitrogen and oxygen atoms in total. The van der Waals surface area contributed by atoms with E-state index in [9.17, 15) is 26.2 Å². The first kappa shape index (κ1) is 24.4. The van der Waals surface area contributed by atoms with E-state index in [0.717, 1.165) is 5.71 Å². The van der Waals surface area contributed by atoms with Crippen LogP contribution in [-0.4, -0.2) is 59.6 Å². The standard InChI is InChI=1S/C19H27NO8S2/c1-14-19(2,10-5-3-4-7-18(21)22)16-13-15(30(26,27)28)8-9-17(16)20(14)11-6-12-29(23,24)25/h8-9,13H,3-7,10-12H2,1-2H3,(H2-,21,22,23,24,25,26,27,28). The number of aliphatic carboxylic acids is 1. The molecule has 1 aromatic carbocycles. The van der Waals surface area contributed by atoms with Crippen LogP contribution < -0.4 is 0 Å². The molecule has 2 rings (SSSR count). The van der Waals surface area contributed by atoms with E-state index in [1.54, 1.807) is 6.07 Å². The van der Waals surface area contributed by atoms with Crippen molar-refractivity contribution in [3.63, 3.8) is 0 Å². The fraction of sp³-hybridized carbons (Fsp3) is 0.579. The second-order valence-corrected chi connectivity index (χ2v) is 10.7. The van der Waals surface area contributed by atoms with E-state index in [0.29, 0.717) is 43.5 Å². The zero-order valence-electron chi connectivity index (χ0n) is 17.0. The van der Waals surface area contributed by atoms with Gasteiger partial charge in [0, 0.05) is 31.4 Å². The lowest BCUT2D eigenvalue weighted by molar-refractivity contribution is -0.438. The van der Waals surface area contributed by atoms with Gasteiger partial charge in [0.1, 0.15) is 16.7 Å². The van der Waals surface area contributed by atoms with Crippen LogP contribution in [0.2, 0.25) is 0 Å². The number of hydrogen-bond acceptors (Lipinski definition) is 6. The Morgan fingerprint density at radius 3 is 2.37 bits per heavy atom. The number of fused-ring (bicyclic) bond motifs is 1. The molecule has 0 amide bonds. The Morgan fingerprint density at radius 2 is 1.80 bits per heavy atom. The van der Waals surface area contributed by atoms with Crippen molar-refractivity contribution in [2.24, 2.45) is 0 Å². The Labute approximate surface area is 176 Å². The zero-order valence-corrected chi connectivity index (χ0v) is 18.6. The van der Waals surface area contributed by atoms with Crippen molar-refractivity contribution in [3.05, 3.63) is 23.8 Å². The van der Waals surface area contributed by atoms with Crippen molar-refractivity contribution in [1.29, 1.82) is 0 Å². The molecule has 0 saturated heterocycles. The monoisotopic (exact) mass is 461 g/mol. The minimum absolute atomic E-state index is 0.0797. The summed E-state index contributed by atoms with van der Waals surface area (Å²) in [6.07, 6.45) is 2.79. The summed E-state index contributed by atoms with van der Waals surface area (Å²) in [6, 6.07) is 4.16. The van der Waals surface area contributed by atoms with Gasteiger partial charge in [-0.15, -0.1) is 0 Å². The Morgan fingerprint density at radius 1 is 1.13 bits per heavy atom. The highest BCUT2D eigenvalue weighted by Crippen LogP contribution is 2.44. The minimum Gasteiger partial charge on any atom is -0.744 e. The molecule has 168 valence electrons. The van der Waals surface area contributed by atoms with E-state index in [1.807, 2.05) is 18.4 Å². The van der Waals surface area contributed by atoms with Crippen LogP contribution in [0.25, 0.3) is 0 Å². The van der Waals surface area contributed by atoms with Gasteiger partial charge in [0.2, 0.25) is 5.69 Å².